The first-order valence-corrected chi connectivity index (χ1v) is 8.94. The molecule has 1 aliphatic rings. The molecule has 2 aromatic heterocycles. The lowest BCUT2D eigenvalue weighted by molar-refractivity contribution is 0.483. The molecular weight excluding hydrogens is 284 g/mol. The van der Waals surface area contributed by atoms with E-state index in [1.165, 1.54) is 27.5 Å². The van der Waals surface area contributed by atoms with Crippen molar-refractivity contribution in [2.75, 3.05) is 0 Å². The number of hydrogen-bond acceptors (Lipinski definition) is 4. The van der Waals surface area contributed by atoms with Crippen molar-refractivity contribution < 1.29 is 0 Å². The Bertz CT molecular complexity index is 579. The van der Waals surface area contributed by atoms with E-state index in [0.717, 1.165) is 13.0 Å². The Hall–Kier alpha value is -0.840. The summed E-state index contributed by atoms with van der Waals surface area (Å²) in [6, 6.07) is 6.95. The standard InChI is InChI=1S/C16H20N2S2/c1-3-12-5-4-7-17-15(12)10-18-14-9-11(2)20-16-13(14)6-8-19-16/h4-8,11,14,18H,3,9-10H2,1-2H3/t11-,14?/m0/s1. The third-order valence-electron chi connectivity index (χ3n) is 3.79. The number of rotatable bonds is 4. The molecule has 0 amide bonds. The molecule has 3 heterocycles. The van der Waals surface area contributed by atoms with E-state index < -0.39 is 0 Å². The Kier molecular flexibility index (Phi) is 4.44. The molecule has 1 unspecified atom stereocenters. The SMILES string of the molecule is CCc1cccnc1CNC1C[C@H](C)Sc2sccc21. The highest BCUT2D eigenvalue weighted by molar-refractivity contribution is 8.01. The molecule has 1 N–H and O–H groups in total. The maximum absolute atomic E-state index is 4.53. The fourth-order valence-electron chi connectivity index (χ4n) is 2.71. The Balaban J connectivity index is 1.73. The monoisotopic (exact) mass is 304 g/mol. The van der Waals surface area contributed by atoms with Crippen LogP contribution in [0.25, 0.3) is 0 Å². The third kappa shape index (κ3) is 2.92. The van der Waals surface area contributed by atoms with Crippen molar-refractivity contribution in [1.82, 2.24) is 10.3 Å². The van der Waals surface area contributed by atoms with E-state index >= 15 is 0 Å². The summed E-state index contributed by atoms with van der Waals surface area (Å²) in [7, 11) is 0. The molecule has 2 aromatic rings. The molecule has 1 aliphatic heterocycles. The zero-order valence-electron chi connectivity index (χ0n) is 11.9. The average Bonchev–Trinajstić information content (AvgIpc) is 2.93. The average molecular weight is 304 g/mol. The Labute approximate surface area is 129 Å². The highest BCUT2D eigenvalue weighted by Crippen LogP contribution is 2.43. The maximum atomic E-state index is 4.53. The highest BCUT2D eigenvalue weighted by Gasteiger charge is 2.25. The normalized spacial score (nSPS) is 21.7. The molecule has 0 fully saturated rings. The van der Waals surface area contributed by atoms with Gasteiger partial charge in [0, 0.05) is 24.0 Å². The van der Waals surface area contributed by atoms with Gasteiger partial charge in [0.05, 0.1) is 9.90 Å². The largest absolute Gasteiger partial charge is 0.304 e. The van der Waals surface area contributed by atoms with Crippen LogP contribution in [0.5, 0.6) is 0 Å². The van der Waals surface area contributed by atoms with Crippen LogP contribution in [0.1, 0.15) is 43.1 Å². The summed E-state index contributed by atoms with van der Waals surface area (Å²) in [6.45, 7) is 5.37. The second-order valence-corrected chi connectivity index (χ2v) is 7.85. The third-order valence-corrected chi connectivity index (χ3v) is 6.13. The molecule has 3 rings (SSSR count). The molecule has 0 radical (unpaired) electrons. The van der Waals surface area contributed by atoms with Crippen LogP contribution in [0.15, 0.2) is 34.0 Å². The van der Waals surface area contributed by atoms with Gasteiger partial charge in [-0.15, -0.1) is 23.1 Å². The van der Waals surface area contributed by atoms with E-state index in [-0.39, 0.29) is 0 Å². The van der Waals surface area contributed by atoms with Crippen molar-refractivity contribution in [1.29, 1.82) is 0 Å². The Morgan fingerprint density at radius 3 is 3.15 bits per heavy atom. The zero-order valence-corrected chi connectivity index (χ0v) is 13.6. The van der Waals surface area contributed by atoms with Crippen molar-refractivity contribution in [2.45, 2.75) is 48.7 Å². The first kappa shape index (κ1) is 14.1. The number of fused-ring (bicyclic) bond motifs is 1. The van der Waals surface area contributed by atoms with Crippen molar-refractivity contribution >= 4 is 23.1 Å². The first-order chi connectivity index (χ1) is 9.78. The van der Waals surface area contributed by atoms with E-state index in [2.05, 4.69) is 41.7 Å². The lowest BCUT2D eigenvalue weighted by Crippen LogP contribution is -2.26. The Morgan fingerprint density at radius 1 is 1.40 bits per heavy atom. The van der Waals surface area contributed by atoms with Crippen molar-refractivity contribution in [2.24, 2.45) is 0 Å². The lowest BCUT2D eigenvalue weighted by Gasteiger charge is -2.27. The van der Waals surface area contributed by atoms with Gasteiger partial charge in [-0.25, -0.2) is 0 Å². The molecule has 0 saturated heterocycles. The highest BCUT2D eigenvalue weighted by atomic mass is 32.2. The molecule has 4 heteroatoms. The molecule has 2 atom stereocenters. The molecule has 106 valence electrons. The summed E-state index contributed by atoms with van der Waals surface area (Å²) < 4.78 is 1.48. The second-order valence-electron chi connectivity index (χ2n) is 5.22. The summed E-state index contributed by atoms with van der Waals surface area (Å²) in [5.74, 6) is 0. The van der Waals surface area contributed by atoms with Gasteiger partial charge in [0.25, 0.3) is 0 Å². The number of aryl methyl sites for hydroxylation is 1. The summed E-state index contributed by atoms with van der Waals surface area (Å²) in [4.78, 5) is 4.53. The molecule has 0 saturated carbocycles. The summed E-state index contributed by atoms with van der Waals surface area (Å²) >= 11 is 3.88. The number of hydrogen-bond donors (Lipinski definition) is 1. The van der Waals surface area contributed by atoms with E-state index in [9.17, 15) is 0 Å². The molecule has 2 nitrogen and oxygen atoms in total. The predicted molar refractivity (Wildman–Crippen MR) is 87.5 cm³/mol. The summed E-state index contributed by atoms with van der Waals surface area (Å²) in [5.41, 5.74) is 4.02. The maximum Gasteiger partial charge on any atom is 0.0649 e. The Morgan fingerprint density at radius 2 is 2.30 bits per heavy atom. The molecule has 20 heavy (non-hydrogen) atoms. The van der Waals surface area contributed by atoms with Gasteiger partial charge in [-0.05, 0) is 41.5 Å². The fraction of sp³-hybridized carbons (Fsp3) is 0.438. The second kappa shape index (κ2) is 6.29. The van der Waals surface area contributed by atoms with Crippen molar-refractivity contribution in [3.05, 3.63) is 46.6 Å². The van der Waals surface area contributed by atoms with Crippen LogP contribution in [-0.4, -0.2) is 10.2 Å². The van der Waals surface area contributed by atoms with Gasteiger partial charge in [-0.3, -0.25) is 4.98 Å². The van der Waals surface area contributed by atoms with Crippen LogP contribution < -0.4 is 5.32 Å². The van der Waals surface area contributed by atoms with Crippen LogP contribution in [-0.2, 0) is 13.0 Å². The number of nitrogens with one attached hydrogen (secondary N) is 1. The molecular formula is C16H20N2S2. The fourth-order valence-corrected chi connectivity index (χ4v) is 5.28. The van der Waals surface area contributed by atoms with Gasteiger partial charge in [0.2, 0.25) is 0 Å². The van der Waals surface area contributed by atoms with Gasteiger partial charge in [0.1, 0.15) is 0 Å². The van der Waals surface area contributed by atoms with E-state index in [0.29, 0.717) is 11.3 Å². The van der Waals surface area contributed by atoms with E-state index in [1.807, 2.05) is 35.4 Å². The number of pyridine rings is 1. The topological polar surface area (TPSA) is 24.9 Å². The summed E-state index contributed by atoms with van der Waals surface area (Å²) in [5, 5.41) is 6.62. The van der Waals surface area contributed by atoms with E-state index in [1.54, 1.807) is 0 Å². The van der Waals surface area contributed by atoms with Crippen molar-refractivity contribution in [3.8, 4) is 0 Å². The van der Waals surface area contributed by atoms with Gasteiger partial charge >= 0.3 is 0 Å². The van der Waals surface area contributed by atoms with Crippen LogP contribution in [0.4, 0.5) is 0 Å². The van der Waals surface area contributed by atoms with Crippen LogP contribution in [0.2, 0.25) is 0 Å². The smallest absolute Gasteiger partial charge is 0.0649 e. The van der Waals surface area contributed by atoms with Gasteiger partial charge in [-0.2, -0.15) is 0 Å². The number of thiophene rings is 1. The minimum absolute atomic E-state index is 0.471. The lowest BCUT2D eigenvalue weighted by atomic mass is 10.0. The van der Waals surface area contributed by atoms with Gasteiger partial charge < -0.3 is 5.32 Å². The van der Waals surface area contributed by atoms with Crippen LogP contribution >= 0.6 is 23.1 Å². The molecule has 0 spiro atoms. The number of thioether (sulfide) groups is 1. The van der Waals surface area contributed by atoms with Gasteiger partial charge in [0.15, 0.2) is 0 Å². The van der Waals surface area contributed by atoms with E-state index in [4.69, 9.17) is 0 Å². The molecule has 0 aromatic carbocycles. The zero-order chi connectivity index (χ0) is 13.9. The first-order valence-electron chi connectivity index (χ1n) is 7.18. The number of aromatic nitrogens is 1. The molecule has 0 aliphatic carbocycles. The minimum Gasteiger partial charge on any atom is -0.304 e. The van der Waals surface area contributed by atoms with Crippen LogP contribution in [0, 0.1) is 0 Å². The van der Waals surface area contributed by atoms with Gasteiger partial charge in [-0.1, -0.05) is 19.9 Å². The van der Waals surface area contributed by atoms with Crippen molar-refractivity contribution in [3.63, 3.8) is 0 Å². The summed E-state index contributed by atoms with van der Waals surface area (Å²) in [6.07, 6.45) is 4.14. The molecule has 0 bridgehead atoms. The minimum atomic E-state index is 0.471. The quantitative estimate of drug-likeness (QED) is 0.905. The predicted octanol–water partition coefficient (Wildman–Crippen LogP) is 4.42. The number of nitrogens with zero attached hydrogens (tertiary/aromatic N) is 1. The van der Waals surface area contributed by atoms with Crippen LogP contribution in [0.3, 0.4) is 0 Å².